The second-order valence-electron chi connectivity index (χ2n) is 3.07. The molecule has 1 rings (SSSR count). The number of carbonyl (C=O) groups excluding carboxylic acids is 1. The average molecular weight is 193 g/mol. The van der Waals surface area contributed by atoms with Gasteiger partial charge < -0.3 is 9.64 Å². The van der Waals surface area contributed by atoms with Gasteiger partial charge in [0.1, 0.15) is 0 Å². The van der Waals surface area contributed by atoms with Crippen molar-refractivity contribution in [2.75, 3.05) is 21.2 Å². The Labute approximate surface area is 83.5 Å². The van der Waals surface area contributed by atoms with Crippen LogP contribution >= 0.6 is 0 Å². The molecule has 0 atom stereocenters. The first-order valence-corrected chi connectivity index (χ1v) is 4.25. The van der Waals surface area contributed by atoms with Gasteiger partial charge in [0, 0.05) is 19.7 Å². The van der Waals surface area contributed by atoms with Gasteiger partial charge in [-0.2, -0.15) is 0 Å². The Morgan fingerprint density at radius 2 is 2.36 bits per heavy atom. The minimum Gasteiger partial charge on any atom is -0.481 e. The third kappa shape index (κ3) is 2.45. The van der Waals surface area contributed by atoms with Gasteiger partial charge in [-0.25, -0.2) is 4.98 Å². The first-order valence-electron chi connectivity index (χ1n) is 4.25. The molecular formula is C10H13N2O2. The van der Waals surface area contributed by atoms with Crippen LogP contribution in [0.1, 0.15) is 5.56 Å². The smallest absolute Gasteiger partial charge is 0.226 e. The first kappa shape index (κ1) is 10.5. The molecule has 1 aromatic rings. The number of rotatable bonds is 3. The van der Waals surface area contributed by atoms with E-state index in [-0.39, 0.29) is 5.91 Å². The van der Waals surface area contributed by atoms with Crippen LogP contribution in [0.3, 0.4) is 0 Å². The van der Waals surface area contributed by atoms with Gasteiger partial charge in [-0.05, 0) is 6.07 Å². The predicted octanol–water partition coefficient (Wildman–Crippen LogP) is 0.521. The summed E-state index contributed by atoms with van der Waals surface area (Å²) in [5.41, 5.74) is 0.782. The van der Waals surface area contributed by atoms with Gasteiger partial charge in [0.05, 0.1) is 19.7 Å². The zero-order valence-corrected chi connectivity index (χ0v) is 8.57. The monoisotopic (exact) mass is 193 g/mol. The van der Waals surface area contributed by atoms with E-state index in [1.807, 2.05) is 0 Å². The minimum atomic E-state index is 0.0244. The summed E-state index contributed by atoms with van der Waals surface area (Å²) in [7, 11) is 4.97. The molecule has 0 aliphatic heterocycles. The molecule has 0 N–H and O–H groups in total. The van der Waals surface area contributed by atoms with Crippen molar-refractivity contribution in [3.8, 4) is 5.88 Å². The lowest BCUT2D eigenvalue weighted by atomic mass is 10.2. The lowest BCUT2D eigenvalue weighted by molar-refractivity contribution is -0.127. The zero-order chi connectivity index (χ0) is 10.6. The fraction of sp³-hybridized carbons (Fsp3) is 0.400. The maximum absolute atomic E-state index is 11.4. The Bertz CT molecular complexity index is 324. The summed E-state index contributed by atoms with van der Waals surface area (Å²) < 4.78 is 5.01. The number of amides is 1. The summed E-state index contributed by atoms with van der Waals surface area (Å²) in [6.07, 6.45) is 2.96. The summed E-state index contributed by atoms with van der Waals surface area (Å²) in [6.45, 7) is 0. The number of hydrogen-bond acceptors (Lipinski definition) is 3. The van der Waals surface area contributed by atoms with Crippen LogP contribution in [0.15, 0.2) is 12.1 Å². The normalized spacial score (nSPS) is 9.64. The molecule has 75 valence electrons. The summed E-state index contributed by atoms with van der Waals surface area (Å²) in [4.78, 5) is 16.8. The highest BCUT2D eigenvalue weighted by atomic mass is 16.5. The highest BCUT2D eigenvalue weighted by Crippen LogP contribution is 2.14. The van der Waals surface area contributed by atoms with E-state index in [1.54, 1.807) is 26.2 Å². The maximum atomic E-state index is 11.4. The van der Waals surface area contributed by atoms with Crippen molar-refractivity contribution >= 4 is 5.91 Å². The van der Waals surface area contributed by atoms with E-state index < -0.39 is 0 Å². The van der Waals surface area contributed by atoms with E-state index in [9.17, 15) is 4.79 Å². The molecule has 0 bridgehead atoms. The van der Waals surface area contributed by atoms with E-state index in [0.29, 0.717) is 12.3 Å². The molecule has 0 aliphatic rings. The number of carbonyl (C=O) groups is 1. The summed E-state index contributed by atoms with van der Waals surface area (Å²) >= 11 is 0. The van der Waals surface area contributed by atoms with Crippen LogP contribution in [0.25, 0.3) is 0 Å². The number of likely N-dealkylation sites (N-methyl/N-ethyl adjacent to an activating group) is 1. The van der Waals surface area contributed by atoms with Gasteiger partial charge in [0.15, 0.2) is 0 Å². The van der Waals surface area contributed by atoms with Crippen LogP contribution in [0.5, 0.6) is 5.88 Å². The molecule has 0 unspecified atom stereocenters. The van der Waals surface area contributed by atoms with Crippen LogP contribution in [0.2, 0.25) is 0 Å². The highest BCUT2D eigenvalue weighted by Gasteiger charge is 2.10. The van der Waals surface area contributed by atoms with Gasteiger partial charge in [0.25, 0.3) is 0 Å². The summed E-state index contributed by atoms with van der Waals surface area (Å²) in [5, 5.41) is 0. The fourth-order valence-electron chi connectivity index (χ4n) is 1.01. The number of hydrogen-bond donors (Lipinski definition) is 0. The first-order chi connectivity index (χ1) is 6.65. The van der Waals surface area contributed by atoms with E-state index in [0.717, 1.165) is 5.56 Å². The Morgan fingerprint density at radius 1 is 1.64 bits per heavy atom. The second-order valence-corrected chi connectivity index (χ2v) is 3.07. The Morgan fingerprint density at radius 3 is 2.93 bits per heavy atom. The molecule has 1 amide bonds. The van der Waals surface area contributed by atoms with Crippen LogP contribution in [0.4, 0.5) is 0 Å². The lowest BCUT2D eigenvalue weighted by Gasteiger charge is -2.11. The van der Waals surface area contributed by atoms with Crippen LogP contribution in [-0.4, -0.2) is 37.0 Å². The molecule has 0 saturated carbocycles. The molecule has 0 aromatic carbocycles. The fourth-order valence-corrected chi connectivity index (χ4v) is 1.01. The van der Waals surface area contributed by atoms with Crippen molar-refractivity contribution < 1.29 is 9.53 Å². The van der Waals surface area contributed by atoms with Crippen molar-refractivity contribution in [1.82, 2.24) is 9.88 Å². The summed E-state index contributed by atoms with van der Waals surface area (Å²) in [5.74, 6) is 0.485. The second kappa shape index (κ2) is 4.60. The van der Waals surface area contributed by atoms with Gasteiger partial charge in [-0.3, -0.25) is 4.79 Å². The largest absolute Gasteiger partial charge is 0.481 e. The Hall–Kier alpha value is -1.58. The molecule has 14 heavy (non-hydrogen) atoms. The Balaban J connectivity index is 2.80. The van der Waals surface area contributed by atoms with Crippen LogP contribution in [-0.2, 0) is 11.2 Å². The number of methoxy groups -OCH3 is 1. The topological polar surface area (TPSA) is 42.4 Å². The molecule has 1 heterocycles. The van der Waals surface area contributed by atoms with Gasteiger partial charge in [-0.1, -0.05) is 6.07 Å². The SMILES string of the molecule is COc1n[c]ccc1CC(=O)N(C)C. The van der Waals surface area contributed by atoms with E-state index in [2.05, 4.69) is 11.2 Å². The third-order valence-corrected chi connectivity index (χ3v) is 1.83. The van der Waals surface area contributed by atoms with E-state index in [1.165, 1.54) is 12.0 Å². The van der Waals surface area contributed by atoms with Crippen molar-refractivity contribution in [3.63, 3.8) is 0 Å². The molecule has 0 aliphatic carbocycles. The van der Waals surface area contributed by atoms with Gasteiger partial charge >= 0.3 is 0 Å². The number of aromatic nitrogens is 1. The average Bonchev–Trinajstić information content (AvgIpc) is 2.18. The van der Waals surface area contributed by atoms with Crippen molar-refractivity contribution in [2.24, 2.45) is 0 Å². The standard InChI is InChI=1S/C10H13N2O2/c1-12(2)9(13)7-8-5-4-6-11-10(8)14-3/h4-5H,7H2,1-3H3. The maximum Gasteiger partial charge on any atom is 0.226 e. The number of ether oxygens (including phenoxy) is 1. The molecule has 0 saturated heterocycles. The van der Waals surface area contributed by atoms with Gasteiger partial charge in [-0.15, -0.1) is 0 Å². The molecule has 4 nitrogen and oxygen atoms in total. The third-order valence-electron chi connectivity index (χ3n) is 1.83. The molecule has 1 radical (unpaired) electrons. The molecule has 1 aromatic heterocycles. The Kier molecular flexibility index (Phi) is 3.45. The molecule has 0 fully saturated rings. The van der Waals surface area contributed by atoms with Crippen molar-refractivity contribution in [2.45, 2.75) is 6.42 Å². The lowest BCUT2D eigenvalue weighted by Crippen LogP contribution is -2.23. The summed E-state index contributed by atoms with van der Waals surface area (Å²) in [6, 6.07) is 3.45. The highest BCUT2D eigenvalue weighted by molar-refractivity contribution is 5.78. The number of pyridine rings is 1. The van der Waals surface area contributed by atoms with E-state index >= 15 is 0 Å². The van der Waals surface area contributed by atoms with Crippen molar-refractivity contribution in [3.05, 3.63) is 23.9 Å². The predicted molar refractivity (Wildman–Crippen MR) is 52.0 cm³/mol. The minimum absolute atomic E-state index is 0.0244. The quantitative estimate of drug-likeness (QED) is 0.703. The molecule has 4 heteroatoms. The molecule has 0 spiro atoms. The van der Waals surface area contributed by atoms with Crippen LogP contribution in [0, 0.1) is 6.20 Å². The molecular weight excluding hydrogens is 180 g/mol. The van der Waals surface area contributed by atoms with Gasteiger partial charge in [0.2, 0.25) is 11.8 Å². The van der Waals surface area contributed by atoms with Crippen LogP contribution < -0.4 is 4.74 Å². The number of nitrogens with zero attached hydrogens (tertiary/aromatic N) is 2. The zero-order valence-electron chi connectivity index (χ0n) is 8.57. The van der Waals surface area contributed by atoms with Crippen molar-refractivity contribution in [1.29, 1.82) is 0 Å². The van der Waals surface area contributed by atoms with E-state index in [4.69, 9.17) is 4.74 Å².